The Bertz CT molecular complexity index is 1210. The van der Waals surface area contributed by atoms with E-state index in [0.29, 0.717) is 5.69 Å². The maximum atomic E-state index is 13.4. The molecule has 0 saturated heterocycles. The molecule has 0 aliphatic heterocycles. The zero-order chi connectivity index (χ0) is 21.9. The Hall–Kier alpha value is -3.52. The maximum absolute atomic E-state index is 13.4. The van der Waals surface area contributed by atoms with Crippen molar-refractivity contribution in [1.29, 1.82) is 0 Å². The number of benzene rings is 3. The van der Waals surface area contributed by atoms with E-state index >= 15 is 0 Å². The summed E-state index contributed by atoms with van der Waals surface area (Å²) in [7, 11) is -3.81. The number of amides is 1. The molecule has 0 aliphatic rings. The van der Waals surface area contributed by atoms with Crippen molar-refractivity contribution in [2.75, 3.05) is 11.2 Å². The van der Waals surface area contributed by atoms with Crippen molar-refractivity contribution < 1.29 is 18.1 Å². The molecular weight excluding hydrogens is 404 g/mol. The highest BCUT2D eigenvalue weighted by Gasteiger charge is 2.26. The number of rotatable bonds is 6. The van der Waals surface area contributed by atoms with Crippen LogP contribution in [0.4, 0.5) is 11.4 Å². The number of carbonyl (C=O) groups is 1. The van der Waals surface area contributed by atoms with E-state index in [0.717, 1.165) is 29.5 Å². The first kappa shape index (κ1) is 21.2. The van der Waals surface area contributed by atoms with Crippen molar-refractivity contribution in [2.45, 2.75) is 18.4 Å². The van der Waals surface area contributed by atoms with Gasteiger partial charge in [-0.15, -0.1) is 0 Å². The van der Waals surface area contributed by atoms with Crippen molar-refractivity contribution in [3.63, 3.8) is 0 Å². The van der Waals surface area contributed by atoms with Gasteiger partial charge in [0.1, 0.15) is 4.90 Å². The zero-order valence-corrected chi connectivity index (χ0v) is 17.3. The summed E-state index contributed by atoms with van der Waals surface area (Å²) in [5.41, 5.74) is 1.89. The third kappa shape index (κ3) is 4.72. The fourth-order valence-electron chi connectivity index (χ4n) is 3.10. The van der Waals surface area contributed by atoms with E-state index in [1.807, 2.05) is 55.5 Å². The molecule has 7 nitrogen and oxygen atoms in total. The lowest BCUT2D eigenvalue weighted by atomic mass is 10.1. The van der Waals surface area contributed by atoms with Gasteiger partial charge in [0.15, 0.2) is 9.84 Å². The molecule has 0 atom stereocenters. The van der Waals surface area contributed by atoms with Crippen LogP contribution in [-0.2, 0) is 16.4 Å². The normalized spacial score (nSPS) is 11.1. The first-order valence-corrected chi connectivity index (χ1v) is 11.0. The largest absolute Gasteiger partial charge is 0.304 e. The molecule has 0 spiro atoms. The van der Waals surface area contributed by atoms with Crippen molar-refractivity contribution in [3.8, 4) is 0 Å². The molecule has 3 rings (SSSR count). The smallest absolute Gasteiger partial charge is 0.288 e. The number of hydrogen-bond acceptors (Lipinski definition) is 5. The standard InChI is InChI=1S/C22H20N2O5S/c1-16-7-6-10-19(13-16)23(15-17-8-4-3-5-9-17)22(25)18-11-12-21(30(2,28)29)20(14-18)24(26)27/h3-14H,15H2,1-2H3. The average molecular weight is 424 g/mol. The number of carbonyl (C=O) groups excluding carboxylic acids is 1. The van der Waals surface area contributed by atoms with Gasteiger partial charge in [0, 0.05) is 23.6 Å². The van der Waals surface area contributed by atoms with Crippen LogP contribution in [0.15, 0.2) is 77.7 Å². The Morgan fingerprint density at radius 2 is 1.70 bits per heavy atom. The molecule has 0 unspecified atom stereocenters. The van der Waals surface area contributed by atoms with Crippen LogP contribution >= 0.6 is 0 Å². The third-order valence-corrected chi connectivity index (χ3v) is 5.69. The summed E-state index contributed by atoms with van der Waals surface area (Å²) in [6.45, 7) is 2.16. The Balaban J connectivity index is 2.09. The topological polar surface area (TPSA) is 97.6 Å². The van der Waals surface area contributed by atoms with Gasteiger partial charge in [-0.05, 0) is 42.3 Å². The molecule has 0 heterocycles. The molecule has 8 heteroatoms. The summed E-state index contributed by atoms with van der Waals surface area (Å²) >= 11 is 0. The van der Waals surface area contributed by atoms with Gasteiger partial charge >= 0.3 is 0 Å². The van der Waals surface area contributed by atoms with Crippen molar-refractivity contribution in [3.05, 3.63) is 99.6 Å². The molecule has 0 aliphatic carbocycles. The number of nitro groups is 1. The van der Waals surface area contributed by atoms with Gasteiger partial charge in [0.25, 0.3) is 11.6 Å². The summed E-state index contributed by atoms with van der Waals surface area (Å²) in [6, 6.07) is 20.1. The number of hydrogen-bond donors (Lipinski definition) is 0. The van der Waals surface area contributed by atoms with Crippen LogP contribution in [0.25, 0.3) is 0 Å². The number of aryl methyl sites for hydroxylation is 1. The van der Waals surface area contributed by atoms with Crippen molar-refractivity contribution >= 4 is 27.1 Å². The molecule has 3 aromatic rings. The molecule has 0 bridgehead atoms. The molecular formula is C22H20N2O5S. The van der Waals surface area contributed by atoms with E-state index in [9.17, 15) is 23.3 Å². The lowest BCUT2D eigenvalue weighted by Crippen LogP contribution is -2.30. The lowest BCUT2D eigenvalue weighted by Gasteiger charge is -2.24. The van der Waals surface area contributed by atoms with Gasteiger partial charge in [-0.1, -0.05) is 42.5 Å². The Morgan fingerprint density at radius 3 is 2.30 bits per heavy atom. The molecule has 0 saturated carbocycles. The van der Waals surface area contributed by atoms with Gasteiger partial charge in [0.05, 0.1) is 11.5 Å². The minimum atomic E-state index is -3.81. The summed E-state index contributed by atoms with van der Waals surface area (Å²) in [5, 5.41) is 11.4. The van der Waals surface area contributed by atoms with Gasteiger partial charge in [-0.2, -0.15) is 0 Å². The van der Waals surface area contributed by atoms with E-state index < -0.39 is 31.3 Å². The number of sulfone groups is 1. The number of anilines is 1. The SMILES string of the molecule is Cc1cccc(N(Cc2ccccc2)C(=O)c2ccc(S(C)(=O)=O)c([N+](=O)[O-])c2)c1. The number of nitrogens with zero attached hydrogens (tertiary/aromatic N) is 2. The van der Waals surface area contributed by atoms with Gasteiger partial charge in [-0.25, -0.2) is 8.42 Å². The van der Waals surface area contributed by atoms with Crippen LogP contribution in [0, 0.1) is 17.0 Å². The van der Waals surface area contributed by atoms with Crippen LogP contribution in [0.5, 0.6) is 0 Å². The second-order valence-electron chi connectivity index (χ2n) is 6.93. The quantitative estimate of drug-likeness (QED) is 0.437. The Labute approximate surface area is 174 Å². The van der Waals surface area contributed by atoms with Crippen molar-refractivity contribution in [2.24, 2.45) is 0 Å². The molecule has 0 radical (unpaired) electrons. The highest BCUT2D eigenvalue weighted by atomic mass is 32.2. The zero-order valence-electron chi connectivity index (χ0n) is 16.5. The van der Waals surface area contributed by atoms with E-state index in [4.69, 9.17) is 0 Å². The lowest BCUT2D eigenvalue weighted by molar-refractivity contribution is -0.387. The van der Waals surface area contributed by atoms with Gasteiger partial charge < -0.3 is 4.90 Å². The minimum Gasteiger partial charge on any atom is -0.304 e. The summed E-state index contributed by atoms with van der Waals surface area (Å²) in [4.78, 5) is 25.1. The van der Waals surface area contributed by atoms with Crippen LogP contribution in [-0.4, -0.2) is 25.5 Å². The van der Waals surface area contributed by atoms with Crippen LogP contribution in [0.1, 0.15) is 21.5 Å². The van der Waals surface area contributed by atoms with E-state index in [2.05, 4.69) is 0 Å². The minimum absolute atomic E-state index is 0.0338. The Kier molecular flexibility index (Phi) is 5.98. The molecule has 154 valence electrons. The molecule has 0 aromatic heterocycles. The third-order valence-electron chi connectivity index (χ3n) is 4.54. The second-order valence-corrected chi connectivity index (χ2v) is 8.91. The van der Waals surface area contributed by atoms with Crippen molar-refractivity contribution in [1.82, 2.24) is 0 Å². The van der Waals surface area contributed by atoms with E-state index in [1.54, 1.807) is 6.07 Å². The summed E-state index contributed by atoms with van der Waals surface area (Å²) < 4.78 is 23.7. The van der Waals surface area contributed by atoms with E-state index in [1.165, 1.54) is 11.0 Å². The molecule has 0 N–H and O–H groups in total. The Morgan fingerprint density at radius 1 is 1.00 bits per heavy atom. The predicted molar refractivity (Wildman–Crippen MR) is 114 cm³/mol. The first-order chi connectivity index (χ1) is 14.2. The maximum Gasteiger partial charge on any atom is 0.288 e. The molecule has 30 heavy (non-hydrogen) atoms. The fourth-order valence-corrected chi connectivity index (χ4v) is 3.93. The summed E-state index contributed by atoms with van der Waals surface area (Å²) in [5.74, 6) is -0.465. The highest BCUT2D eigenvalue weighted by Crippen LogP contribution is 2.27. The van der Waals surface area contributed by atoms with Crippen LogP contribution in [0.3, 0.4) is 0 Å². The monoisotopic (exact) mass is 424 g/mol. The molecule has 3 aromatic carbocycles. The molecule has 0 fully saturated rings. The predicted octanol–water partition coefficient (Wildman–Crippen LogP) is 4.15. The highest BCUT2D eigenvalue weighted by molar-refractivity contribution is 7.90. The molecule has 1 amide bonds. The van der Waals surface area contributed by atoms with Gasteiger partial charge in [0.2, 0.25) is 0 Å². The van der Waals surface area contributed by atoms with Gasteiger partial charge in [-0.3, -0.25) is 14.9 Å². The number of nitro benzene ring substituents is 1. The van der Waals surface area contributed by atoms with Crippen LogP contribution < -0.4 is 4.90 Å². The van der Waals surface area contributed by atoms with Crippen LogP contribution in [0.2, 0.25) is 0 Å². The van der Waals surface area contributed by atoms with E-state index in [-0.39, 0.29) is 12.1 Å². The second kappa shape index (κ2) is 8.46. The fraction of sp³-hybridized carbons (Fsp3) is 0.136. The summed E-state index contributed by atoms with van der Waals surface area (Å²) in [6.07, 6.45) is 0.894. The average Bonchev–Trinajstić information content (AvgIpc) is 2.71. The first-order valence-electron chi connectivity index (χ1n) is 9.08.